The van der Waals surface area contributed by atoms with Crippen molar-refractivity contribution < 1.29 is 37.0 Å². The van der Waals surface area contributed by atoms with Crippen LogP contribution in [0.4, 0.5) is 18.9 Å². The number of halogens is 3. The lowest BCUT2D eigenvalue weighted by Gasteiger charge is -2.09. The van der Waals surface area contributed by atoms with E-state index in [-0.39, 0.29) is 6.42 Å². The summed E-state index contributed by atoms with van der Waals surface area (Å²) in [6.45, 7) is -1.22. The van der Waals surface area contributed by atoms with Gasteiger partial charge < -0.3 is 20.1 Å². The van der Waals surface area contributed by atoms with E-state index in [1.54, 1.807) is 24.3 Å². The molecule has 2 aromatic carbocycles. The van der Waals surface area contributed by atoms with Crippen LogP contribution in [0.15, 0.2) is 36.4 Å². The van der Waals surface area contributed by atoms with Crippen LogP contribution in [0.5, 0.6) is 5.75 Å². The Kier molecular flexibility index (Phi) is 7.58. The molecule has 0 aliphatic rings. The fraction of sp³-hybridized carbons (Fsp3) is 0.211. The van der Waals surface area contributed by atoms with E-state index in [4.69, 9.17) is 9.47 Å². The zero-order valence-electron chi connectivity index (χ0n) is 15.3. The highest BCUT2D eigenvalue weighted by Crippen LogP contribution is 2.19. The van der Waals surface area contributed by atoms with Crippen LogP contribution in [0.3, 0.4) is 0 Å². The largest absolute Gasteiger partial charge is 0.497 e. The van der Waals surface area contributed by atoms with Crippen molar-refractivity contribution in [2.24, 2.45) is 0 Å². The molecular weight excluding hydrogens is 393 g/mol. The van der Waals surface area contributed by atoms with Gasteiger partial charge in [0.05, 0.1) is 25.8 Å². The van der Waals surface area contributed by atoms with Gasteiger partial charge in [-0.3, -0.25) is 14.4 Å². The number of esters is 1. The number of hydrogen-bond donors (Lipinski definition) is 2. The fourth-order valence-corrected chi connectivity index (χ4v) is 2.19. The number of methoxy groups -OCH3 is 1. The van der Waals surface area contributed by atoms with Gasteiger partial charge in [-0.05, 0) is 29.8 Å². The van der Waals surface area contributed by atoms with Crippen LogP contribution >= 0.6 is 0 Å². The molecule has 0 aromatic heterocycles. The van der Waals surface area contributed by atoms with Crippen LogP contribution in [-0.2, 0) is 25.5 Å². The van der Waals surface area contributed by atoms with E-state index in [1.807, 2.05) is 5.32 Å². The zero-order chi connectivity index (χ0) is 21.4. The molecule has 0 spiro atoms. The van der Waals surface area contributed by atoms with Gasteiger partial charge in [0.2, 0.25) is 5.91 Å². The lowest BCUT2D eigenvalue weighted by Crippen LogP contribution is -2.35. The third kappa shape index (κ3) is 6.52. The van der Waals surface area contributed by atoms with E-state index in [2.05, 4.69) is 5.32 Å². The molecule has 0 saturated heterocycles. The lowest BCUT2D eigenvalue weighted by atomic mass is 10.1. The zero-order valence-corrected chi connectivity index (χ0v) is 15.3. The lowest BCUT2D eigenvalue weighted by molar-refractivity contribution is -0.147. The molecule has 0 atom stereocenters. The molecule has 29 heavy (non-hydrogen) atoms. The summed E-state index contributed by atoms with van der Waals surface area (Å²) in [6.07, 6.45) is -0.0830. The van der Waals surface area contributed by atoms with Gasteiger partial charge in [-0.1, -0.05) is 12.1 Å². The van der Waals surface area contributed by atoms with Crippen LogP contribution in [0.1, 0.15) is 5.56 Å². The third-order valence-electron chi connectivity index (χ3n) is 3.60. The highest BCUT2D eigenvalue weighted by atomic mass is 19.2. The highest BCUT2D eigenvalue weighted by Gasteiger charge is 2.16. The smallest absolute Gasteiger partial charge is 0.310 e. The van der Waals surface area contributed by atoms with Crippen LogP contribution < -0.4 is 15.4 Å². The molecule has 7 nitrogen and oxygen atoms in total. The van der Waals surface area contributed by atoms with Gasteiger partial charge in [-0.2, -0.15) is 0 Å². The summed E-state index contributed by atoms with van der Waals surface area (Å²) in [5.41, 5.74) is 0.0514. The van der Waals surface area contributed by atoms with Crippen molar-refractivity contribution in [1.29, 1.82) is 0 Å². The molecule has 2 amide bonds. The monoisotopic (exact) mass is 410 g/mol. The first-order chi connectivity index (χ1) is 13.8. The molecule has 2 aromatic rings. The Bertz CT molecular complexity index is 921. The van der Waals surface area contributed by atoms with Crippen LogP contribution in [0, 0.1) is 17.5 Å². The van der Waals surface area contributed by atoms with Crippen molar-refractivity contribution in [1.82, 2.24) is 5.32 Å². The minimum Gasteiger partial charge on any atom is -0.497 e. The summed E-state index contributed by atoms with van der Waals surface area (Å²) in [5, 5.41) is 4.13. The number of ether oxygens (including phenoxy) is 2. The molecule has 154 valence electrons. The van der Waals surface area contributed by atoms with E-state index in [9.17, 15) is 27.6 Å². The standard InChI is InChI=1S/C19H17F3N2O5/c1-28-12-4-2-3-11(7-12)8-17(27)29-10-16(26)23-9-15(25)24-14-6-5-13(20)18(21)19(14)22/h2-7H,8-10H2,1H3,(H,23,26)(H,24,25). The fourth-order valence-electron chi connectivity index (χ4n) is 2.19. The Balaban J connectivity index is 1.74. The summed E-state index contributed by atoms with van der Waals surface area (Å²) in [6, 6.07) is 8.22. The first-order valence-corrected chi connectivity index (χ1v) is 8.28. The van der Waals surface area contributed by atoms with Crippen molar-refractivity contribution in [2.45, 2.75) is 6.42 Å². The van der Waals surface area contributed by atoms with E-state index >= 15 is 0 Å². The van der Waals surface area contributed by atoms with E-state index < -0.39 is 54.1 Å². The second kappa shape index (κ2) is 10.1. The molecule has 0 saturated carbocycles. The number of benzene rings is 2. The van der Waals surface area contributed by atoms with Crippen molar-refractivity contribution in [3.05, 3.63) is 59.4 Å². The molecule has 0 aliphatic carbocycles. The Morgan fingerprint density at radius 1 is 1.00 bits per heavy atom. The quantitative estimate of drug-likeness (QED) is 0.513. The van der Waals surface area contributed by atoms with Gasteiger partial charge >= 0.3 is 5.97 Å². The summed E-state index contributed by atoms with van der Waals surface area (Å²) in [4.78, 5) is 35.1. The predicted octanol–water partition coefficient (Wildman–Crippen LogP) is 1.95. The summed E-state index contributed by atoms with van der Waals surface area (Å²) >= 11 is 0. The summed E-state index contributed by atoms with van der Waals surface area (Å²) in [7, 11) is 1.49. The van der Waals surface area contributed by atoms with Crippen molar-refractivity contribution in [3.63, 3.8) is 0 Å². The Hall–Kier alpha value is -3.56. The first-order valence-electron chi connectivity index (χ1n) is 8.28. The molecule has 0 unspecified atom stereocenters. The van der Waals surface area contributed by atoms with Crippen LogP contribution in [0.25, 0.3) is 0 Å². The predicted molar refractivity (Wildman–Crippen MR) is 95.6 cm³/mol. The van der Waals surface area contributed by atoms with Gasteiger partial charge in [0.1, 0.15) is 5.75 Å². The van der Waals surface area contributed by atoms with Crippen LogP contribution in [0.2, 0.25) is 0 Å². The van der Waals surface area contributed by atoms with Crippen LogP contribution in [-0.4, -0.2) is 38.0 Å². The summed E-state index contributed by atoms with van der Waals surface area (Å²) in [5.74, 6) is -6.44. The second-order valence-corrected chi connectivity index (χ2v) is 5.74. The molecule has 0 radical (unpaired) electrons. The molecular formula is C19H17F3N2O5. The first kappa shape index (κ1) is 21.7. The normalized spacial score (nSPS) is 10.2. The second-order valence-electron chi connectivity index (χ2n) is 5.74. The maximum atomic E-state index is 13.5. The van der Waals surface area contributed by atoms with Crippen molar-refractivity contribution in [3.8, 4) is 5.75 Å². The Morgan fingerprint density at radius 2 is 1.76 bits per heavy atom. The Morgan fingerprint density at radius 3 is 2.48 bits per heavy atom. The average Bonchev–Trinajstić information content (AvgIpc) is 2.71. The summed E-state index contributed by atoms with van der Waals surface area (Å²) < 4.78 is 49.3. The van der Waals surface area contributed by atoms with Gasteiger partial charge in [0.25, 0.3) is 5.91 Å². The highest BCUT2D eigenvalue weighted by molar-refractivity contribution is 5.95. The number of amides is 2. The molecule has 2 N–H and O–H groups in total. The van der Waals surface area contributed by atoms with Gasteiger partial charge in [0, 0.05) is 0 Å². The third-order valence-corrected chi connectivity index (χ3v) is 3.60. The molecule has 10 heteroatoms. The molecule has 0 aliphatic heterocycles. The van der Waals surface area contributed by atoms with Crippen molar-refractivity contribution >= 4 is 23.5 Å². The minimum absolute atomic E-state index is 0.0830. The number of hydrogen-bond acceptors (Lipinski definition) is 5. The van der Waals surface area contributed by atoms with E-state index in [1.165, 1.54) is 7.11 Å². The maximum Gasteiger partial charge on any atom is 0.310 e. The van der Waals surface area contributed by atoms with Gasteiger partial charge in [-0.15, -0.1) is 0 Å². The number of anilines is 1. The molecule has 0 bridgehead atoms. The number of carbonyl (C=O) groups excluding carboxylic acids is 3. The Labute approximate surface area is 163 Å². The molecule has 0 fully saturated rings. The maximum absolute atomic E-state index is 13.5. The van der Waals surface area contributed by atoms with E-state index in [0.717, 1.165) is 6.07 Å². The number of nitrogens with one attached hydrogen (secondary N) is 2. The number of carbonyl (C=O) groups is 3. The molecule has 2 rings (SSSR count). The molecule has 0 heterocycles. The SMILES string of the molecule is COc1cccc(CC(=O)OCC(=O)NCC(=O)Nc2ccc(F)c(F)c2F)c1. The van der Waals surface area contributed by atoms with Gasteiger partial charge in [-0.25, -0.2) is 13.2 Å². The topological polar surface area (TPSA) is 93.7 Å². The van der Waals surface area contributed by atoms with Gasteiger partial charge in [0.15, 0.2) is 24.1 Å². The average molecular weight is 410 g/mol. The number of rotatable bonds is 8. The minimum atomic E-state index is -1.73. The van der Waals surface area contributed by atoms with E-state index in [0.29, 0.717) is 17.4 Å². The van der Waals surface area contributed by atoms with Crippen molar-refractivity contribution in [2.75, 3.05) is 25.6 Å².